The summed E-state index contributed by atoms with van der Waals surface area (Å²) in [5.41, 5.74) is 1.06. The molecule has 0 unspecified atom stereocenters. The number of hydrogen-bond donors (Lipinski definition) is 0. The predicted molar refractivity (Wildman–Crippen MR) is 106 cm³/mol. The van der Waals surface area contributed by atoms with Crippen LogP contribution in [-0.4, -0.2) is 38.9 Å². The number of piperidine rings is 1. The van der Waals surface area contributed by atoms with E-state index in [0.29, 0.717) is 6.04 Å². The molecule has 140 valence electrons. The van der Waals surface area contributed by atoms with E-state index in [4.69, 9.17) is 22.1 Å². The molecule has 1 aliphatic carbocycles. The lowest BCUT2D eigenvalue weighted by Gasteiger charge is -2.43. The Bertz CT molecular complexity index is 808. The molecule has 1 saturated heterocycles. The Kier molecular flexibility index (Phi) is 5.14. The summed E-state index contributed by atoms with van der Waals surface area (Å²) in [6.07, 6.45) is 8.18. The van der Waals surface area contributed by atoms with Crippen molar-refractivity contribution in [2.75, 3.05) is 13.7 Å². The summed E-state index contributed by atoms with van der Waals surface area (Å²) in [5.74, 6) is 2.64. The van der Waals surface area contributed by atoms with Gasteiger partial charge in [-0.3, -0.25) is 4.90 Å². The highest BCUT2D eigenvalue weighted by atomic mass is 32.1. The molecule has 1 saturated carbocycles. The number of methoxy groups -OCH3 is 1. The number of likely N-dealkylation sites (tertiary alicyclic amines) is 1. The van der Waals surface area contributed by atoms with Crippen molar-refractivity contribution in [3.05, 3.63) is 29.0 Å². The molecule has 1 aliphatic heterocycles. The molecule has 5 nitrogen and oxygen atoms in total. The molecule has 26 heavy (non-hydrogen) atoms. The van der Waals surface area contributed by atoms with E-state index in [-0.39, 0.29) is 0 Å². The standard InChI is InChI=1S/C20H28N4OS/c1-22-19(16-9-11-17(25-2)12-10-16)21-24(20(22)26)14-23-13-5-7-15-6-3-4-8-18(15)23/h9-12,15,18H,3-8,13-14H2,1-2H3/t15-,18+/m1/s1. The van der Waals surface area contributed by atoms with E-state index in [1.54, 1.807) is 7.11 Å². The summed E-state index contributed by atoms with van der Waals surface area (Å²) in [7, 11) is 3.69. The van der Waals surface area contributed by atoms with Gasteiger partial charge in [0.2, 0.25) is 0 Å². The lowest BCUT2D eigenvalue weighted by molar-refractivity contribution is 0.0323. The van der Waals surface area contributed by atoms with Gasteiger partial charge in [-0.2, -0.15) is 5.10 Å². The summed E-state index contributed by atoms with van der Waals surface area (Å²) in [5, 5.41) is 4.86. The van der Waals surface area contributed by atoms with Crippen LogP contribution in [0.25, 0.3) is 11.4 Å². The minimum Gasteiger partial charge on any atom is -0.497 e. The Balaban J connectivity index is 1.58. The minimum absolute atomic E-state index is 0.714. The minimum atomic E-state index is 0.714. The van der Waals surface area contributed by atoms with Crippen molar-refractivity contribution < 1.29 is 4.74 Å². The maximum absolute atomic E-state index is 5.69. The largest absolute Gasteiger partial charge is 0.497 e. The molecule has 0 spiro atoms. The Hall–Kier alpha value is -1.66. The zero-order chi connectivity index (χ0) is 18.1. The van der Waals surface area contributed by atoms with Gasteiger partial charge in [-0.15, -0.1) is 0 Å². The summed E-state index contributed by atoms with van der Waals surface area (Å²) in [4.78, 5) is 2.62. The predicted octanol–water partition coefficient (Wildman–Crippen LogP) is 4.24. The van der Waals surface area contributed by atoms with E-state index >= 15 is 0 Å². The smallest absolute Gasteiger partial charge is 0.199 e. The van der Waals surface area contributed by atoms with Crippen LogP contribution >= 0.6 is 12.2 Å². The van der Waals surface area contributed by atoms with Crippen LogP contribution in [0.2, 0.25) is 0 Å². The van der Waals surface area contributed by atoms with Crippen LogP contribution in [0.5, 0.6) is 5.75 Å². The second-order valence-corrected chi connectivity index (χ2v) is 7.97. The molecule has 1 aromatic heterocycles. The zero-order valence-corrected chi connectivity index (χ0v) is 16.5. The Labute approximate surface area is 160 Å². The monoisotopic (exact) mass is 372 g/mol. The molecule has 0 amide bonds. The first-order chi connectivity index (χ1) is 12.7. The summed E-state index contributed by atoms with van der Waals surface area (Å²) >= 11 is 5.69. The van der Waals surface area contributed by atoms with Crippen LogP contribution in [0.4, 0.5) is 0 Å². The molecule has 2 aromatic rings. The lowest BCUT2D eigenvalue weighted by atomic mass is 9.78. The van der Waals surface area contributed by atoms with Gasteiger partial charge in [-0.05, 0) is 68.1 Å². The number of ether oxygens (including phenoxy) is 1. The van der Waals surface area contributed by atoms with Crippen LogP contribution in [0.1, 0.15) is 38.5 Å². The van der Waals surface area contributed by atoms with Gasteiger partial charge in [0.25, 0.3) is 0 Å². The normalized spacial score (nSPS) is 23.6. The van der Waals surface area contributed by atoms with E-state index in [9.17, 15) is 0 Å². The molecule has 2 atom stereocenters. The third-order valence-electron chi connectivity index (χ3n) is 6.06. The maximum atomic E-state index is 5.69. The molecule has 1 aromatic carbocycles. The number of benzene rings is 1. The Morgan fingerprint density at radius 1 is 1.12 bits per heavy atom. The number of hydrogen-bond acceptors (Lipinski definition) is 4. The first-order valence-corrected chi connectivity index (χ1v) is 10.1. The number of rotatable bonds is 4. The second kappa shape index (κ2) is 7.53. The second-order valence-electron chi connectivity index (χ2n) is 7.60. The third kappa shape index (κ3) is 3.32. The van der Waals surface area contributed by atoms with Crippen LogP contribution in [0, 0.1) is 10.7 Å². The average molecular weight is 373 g/mol. The van der Waals surface area contributed by atoms with E-state index in [1.807, 2.05) is 40.6 Å². The molecule has 0 radical (unpaired) electrons. The highest BCUT2D eigenvalue weighted by Gasteiger charge is 2.33. The van der Waals surface area contributed by atoms with E-state index in [2.05, 4.69) is 4.90 Å². The van der Waals surface area contributed by atoms with Gasteiger partial charge in [-0.25, -0.2) is 4.68 Å². The van der Waals surface area contributed by atoms with Gasteiger partial charge in [0.1, 0.15) is 5.75 Å². The highest BCUT2D eigenvalue weighted by Crippen LogP contribution is 2.35. The van der Waals surface area contributed by atoms with Gasteiger partial charge in [0, 0.05) is 25.2 Å². The SMILES string of the molecule is COc1ccc(-c2nn(CN3CCC[C@H]4CCCC[C@@H]43)c(=S)n2C)cc1. The van der Waals surface area contributed by atoms with Gasteiger partial charge < -0.3 is 9.30 Å². The summed E-state index contributed by atoms with van der Waals surface area (Å²) in [6.45, 7) is 1.97. The van der Waals surface area contributed by atoms with Crippen molar-refractivity contribution in [3.63, 3.8) is 0 Å². The number of aromatic nitrogens is 3. The molecule has 6 heteroatoms. The molecule has 2 heterocycles. The average Bonchev–Trinajstić information content (AvgIpc) is 2.97. The van der Waals surface area contributed by atoms with E-state index < -0.39 is 0 Å². The van der Waals surface area contributed by atoms with E-state index in [1.165, 1.54) is 38.5 Å². The Morgan fingerprint density at radius 2 is 1.85 bits per heavy atom. The number of fused-ring (bicyclic) bond motifs is 1. The van der Waals surface area contributed by atoms with Crippen LogP contribution in [0.15, 0.2) is 24.3 Å². The Morgan fingerprint density at radius 3 is 2.62 bits per heavy atom. The van der Waals surface area contributed by atoms with Crippen molar-refractivity contribution in [1.29, 1.82) is 0 Å². The first kappa shape index (κ1) is 17.7. The first-order valence-electron chi connectivity index (χ1n) is 9.69. The molecule has 0 N–H and O–H groups in total. The van der Waals surface area contributed by atoms with Crippen molar-refractivity contribution in [1.82, 2.24) is 19.2 Å². The van der Waals surface area contributed by atoms with Crippen LogP contribution in [0.3, 0.4) is 0 Å². The van der Waals surface area contributed by atoms with Gasteiger partial charge >= 0.3 is 0 Å². The fourth-order valence-electron chi connectivity index (χ4n) is 4.65. The fourth-order valence-corrected chi connectivity index (χ4v) is 4.83. The summed E-state index contributed by atoms with van der Waals surface area (Å²) < 4.78 is 10.1. The van der Waals surface area contributed by atoms with Crippen molar-refractivity contribution in [3.8, 4) is 17.1 Å². The molecule has 4 rings (SSSR count). The van der Waals surface area contributed by atoms with Gasteiger partial charge in [0.05, 0.1) is 13.8 Å². The zero-order valence-electron chi connectivity index (χ0n) is 15.7. The van der Waals surface area contributed by atoms with Crippen molar-refractivity contribution in [2.24, 2.45) is 13.0 Å². The van der Waals surface area contributed by atoms with Crippen LogP contribution in [-0.2, 0) is 13.7 Å². The molecular formula is C20H28N4OS. The molecule has 0 bridgehead atoms. The third-order valence-corrected chi connectivity index (χ3v) is 6.55. The fraction of sp³-hybridized carbons (Fsp3) is 0.600. The van der Waals surface area contributed by atoms with Gasteiger partial charge in [0.15, 0.2) is 10.6 Å². The summed E-state index contributed by atoms with van der Waals surface area (Å²) in [6, 6.07) is 8.73. The maximum Gasteiger partial charge on any atom is 0.199 e. The molecular weight excluding hydrogens is 344 g/mol. The number of nitrogens with zero attached hydrogens (tertiary/aromatic N) is 4. The topological polar surface area (TPSA) is 35.2 Å². The van der Waals surface area contributed by atoms with Crippen LogP contribution < -0.4 is 4.74 Å². The molecule has 2 aliphatic rings. The van der Waals surface area contributed by atoms with E-state index in [0.717, 1.165) is 41.0 Å². The van der Waals surface area contributed by atoms with Crippen molar-refractivity contribution >= 4 is 12.2 Å². The van der Waals surface area contributed by atoms with Gasteiger partial charge in [-0.1, -0.05) is 12.8 Å². The molecule has 2 fully saturated rings. The quantitative estimate of drug-likeness (QED) is 0.752. The highest BCUT2D eigenvalue weighted by molar-refractivity contribution is 7.71. The van der Waals surface area contributed by atoms with Crippen molar-refractivity contribution in [2.45, 2.75) is 51.2 Å². The lowest BCUT2D eigenvalue weighted by Crippen LogP contribution is -2.47.